The van der Waals surface area contributed by atoms with Gasteiger partial charge in [0, 0.05) is 5.69 Å². The van der Waals surface area contributed by atoms with E-state index in [2.05, 4.69) is 10.3 Å². The lowest BCUT2D eigenvalue weighted by Gasteiger charge is -2.04. The number of carbonyl (C=O) groups is 1. The van der Waals surface area contributed by atoms with Crippen LogP contribution in [-0.2, 0) is 0 Å². The Morgan fingerprint density at radius 2 is 2.21 bits per heavy atom. The number of anilines is 1. The molecular formula is C13H12ClN3OS. The zero-order chi connectivity index (χ0) is 13.7. The maximum atomic E-state index is 11.9. The third-order valence-electron chi connectivity index (χ3n) is 2.26. The molecule has 0 atom stereocenters. The zero-order valence-electron chi connectivity index (χ0n) is 9.97. The molecule has 0 unspecified atom stereocenters. The van der Waals surface area contributed by atoms with E-state index in [0.29, 0.717) is 22.1 Å². The summed E-state index contributed by atoms with van der Waals surface area (Å²) in [6.45, 7) is 0. The van der Waals surface area contributed by atoms with Crippen molar-refractivity contribution in [2.45, 2.75) is 0 Å². The van der Waals surface area contributed by atoms with Crippen molar-refractivity contribution in [2.75, 3.05) is 11.2 Å². The molecule has 19 heavy (non-hydrogen) atoms. The second kappa shape index (κ2) is 6.36. The number of nitrogens with one attached hydrogen (secondary N) is 1. The van der Waals surface area contributed by atoms with Gasteiger partial charge in [0.1, 0.15) is 5.84 Å². The molecule has 0 aliphatic carbocycles. The van der Waals surface area contributed by atoms with Gasteiger partial charge in [-0.25, -0.2) is 4.99 Å². The quantitative estimate of drug-likeness (QED) is 0.516. The van der Waals surface area contributed by atoms with E-state index in [1.807, 2.05) is 11.4 Å². The average Bonchev–Trinajstić information content (AvgIpc) is 2.93. The topological polar surface area (TPSA) is 67.5 Å². The van der Waals surface area contributed by atoms with E-state index < -0.39 is 0 Å². The van der Waals surface area contributed by atoms with Gasteiger partial charge in [0.05, 0.1) is 16.4 Å². The zero-order valence-corrected chi connectivity index (χ0v) is 11.5. The largest absolute Gasteiger partial charge is 0.386 e. The summed E-state index contributed by atoms with van der Waals surface area (Å²) in [7, 11) is 0. The molecule has 3 N–H and O–H groups in total. The average molecular weight is 294 g/mol. The molecule has 0 aliphatic heterocycles. The van der Waals surface area contributed by atoms with Crippen LogP contribution < -0.4 is 11.1 Å². The molecule has 0 bridgehead atoms. The minimum absolute atomic E-state index is 0.138. The smallest absolute Gasteiger partial charge is 0.265 e. The van der Waals surface area contributed by atoms with Crippen molar-refractivity contribution in [2.24, 2.45) is 10.7 Å². The first-order chi connectivity index (χ1) is 9.19. The minimum atomic E-state index is -0.138. The van der Waals surface area contributed by atoms with Crippen LogP contribution in [0, 0.1) is 0 Å². The third kappa shape index (κ3) is 3.81. The third-order valence-corrected chi connectivity index (χ3v) is 3.40. The highest BCUT2D eigenvalue weighted by atomic mass is 35.5. The predicted octanol–water partition coefficient (Wildman–Crippen LogP) is 3.23. The lowest BCUT2D eigenvalue weighted by molar-refractivity contribution is 0.103. The number of aliphatic imine (C=N–C) groups is 1. The van der Waals surface area contributed by atoms with Gasteiger partial charge in [0.15, 0.2) is 0 Å². The minimum Gasteiger partial charge on any atom is -0.386 e. The van der Waals surface area contributed by atoms with Crippen molar-refractivity contribution in [1.82, 2.24) is 0 Å². The molecule has 0 saturated carbocycles. The normalized spacial score (nSPS) is 11.3. The fourth-order valence-electron chi connectivity index (χ4n) is 1.45. The highest BCUT2D eigenvalue weighted by Crippen LogP contribution is 2.19. The van der Waals surface area contributed by atoms with E-state index in [1.165, 1.54) is 11.3 Å². The molecule has 1 aromatic carbocycles. The summed E-state index contributed by atoms with van der Waals surface area (Å²) in [5.74, 6) is 0.371. The van der Waals surface area contributed by atoms with Crippen LogP contribution in [0.5, 0.6) is 0 Å². The maximum absolute atomic E-state index is 11.9. The van der Waals surface area contributed by atoms with Crippen LogP contribution in [0.15, 0.2) is 46.8 Å². The van der Waals surface area contributed by atoms with E-state index in [9.17, 15) is 4.79 Å². The number of amidine groups is 1. The number of nitrogens with zero attached hydrogens (tertiary/aromatic N) is 1. The Balaban J connectivity index is 2.13. The standard InChI is InChI=1S/C13H12ClN3OS/c14-8-12(15)16-9-3-1-4-10(7-9)17-13(18)11-5-2-6-19-11/h1-7H,8H2,(H2,15,16)(H,17,18). The number of halogens is 1. The summed E-state index contributed by atoms with van der Waals surface area (Å²) in [4.78, 5) is 16.7. The number of carbonyl (C=O) groups excluding carboxylic acids is 1. The van der Waals surface area contributed by atoms with Gasteiger partial charge in [-0.1, -0.05) is 12.1 Å². The molecule has 6 heteroatoms. The van der Waals surface area contributed by atoms with E-state index in [4.69, 9.17) is 17.3 Å². The molecule has 2 rings (SSSR count). The van der Waals surface area contributed by atoms with Gasteiger partial charge in [0.25, 0.3) is 5.91 Å². The van der Waals surface area contributed by atoms with E-state index in [1.54, 1.807) is 30.3 Å². The molecule has 4 nitrogen and oxygen atoms in total. The van der Waals surface area contributed by atoms with Gasteiger partial charge >= 0.3 is 0 Å². The number of thiophene rings is 1. The lowest BCUT2D eigenvalue weighted by Crippen LogP contribution is -2.12. The first-order valence-electron chi connectivity index (χ1n) is 5.53. The van der Waals surface area contributed by atoms with Gasteiger partial charge in [-0.15, -0.1) is 22.9 Å². The molecule has 1 heterocycles. The predicted molar refractivity (Wildman–Crippen MR) is 80.7 cm³/mol. The summed E-state index contributed by atoms with van der Waals surface area (Å²) in [5, 5.41) is 4.66. The number of hydrogen-bond donors (Lipinski definition) is 2. The Labute approximate surface area is 119 Å². The number of rotatable bonds is 4. The van der Waals surface area contributed by atoms with E-state index in [-0.39, 0.29) is 11.8 Å². The molecule has 0 radical (unpaired) electrons. The molecule has 0 spiro atoms. The molecule has 0 fully saturated rings. The first-order valence-corrected chi connectivity index (χ1v) is 6.94. The monoisotopic (exact) mass is 293 g/mol. The van der Waals surface area contributed by atoms with Crippen molar-refractivity contribution < 1.29 is 4.79 Å². The van der Waals surface area contributed by atoms with E-state index in [0.717, 1.165) is 0 Å². The molecule has 2 aromatic rings. The van der Waals surface area contributed by atoms with Crippen molar-refractivity contribution in [3.63, 3.8) is 0 Å². The molecule has 0 aliphatic rings. The number of nitrogens with two attached hydrogens (primary N) is 1. The SMILES string of the molecule is NC(CCl)=Nc1cccc(NC(=O)c2cccs2)c1. The maximum Gasteiger partial charge on any atom is 0.265 e. The second-order valence-corrected chi connectivity index (χ2v) is 4.93. The van der Waals surface area contributed by atoms with Gasteiger partial charge < -0.3 is 11.1 Å². The van der Waals surface area contributed by atoms with Gasteiger partial charge in [-0.3, -0.25) is 4.79 Å². The van der Waals surface area contributed by atoms with Crippen LogP contribution in [0.4, 0.5) is 11.4 Å². The fourth-order valence-corrected chi connectivity index (χ4v) is 2.13. The molecule has 1 aromatic heterocycles. The van der Waals surface area contributed by atoms with Crippen LogP contribution in [0.2, 0.25) is 0 Å². The Morgan fingerprint density at radius 1 is 1.37 bits per heavy atom. The van der Waals surface area contributed by atoms with Crippen LogP contribution in [0.1, 0.15) is 9.67 Å². The Morgan fingerprint density at radius 3 is 2.89 bits per heavy atom. The summed E-state index contributed by atoms with van der Waals surface area (Å²) < 4.78 is 0. The van der Waals surface area contributed by atoms with Crippen LogP contribution >= 0.6 is 22.9 Å². The van der Waals surface area contributed by atoms with Crippen LogP contribution in [-0.4, -0.2) is 17.6 Å². The van der Waals surface area contributed by atoms with Crippen molar-refractivity contribution in [3.8, 4) is 0 Å². The molecule has 0 saturated heterocycles. The fraction of sp³-hybridized carbons (Fsp3) is 0.0769. The molecule has 98 valence electrons. The molecule has 1 amide bonds. The number of alkyl halides is 1. The Bertz CT molecular complexity index is 596. The van der Waals surface area contributed by atoms with Gasteiger partial charge in [-0.2, -0.15) is 0 Å². The first kappa shape index (κ1) is 13.6. The number of benzene rings is 1. The van der Waals surface area contributed by atoms with Crippen molar-refractivity contribution in [3.05, 3.63) is 46.7 Å². The van der Waals surface area contributed by atoms with Crippen LogP contribution in [0.3, 0.4) is 0 Å². The van der Waals surface area contributed by atoms with Crippen LogP contribution in [0.25, 0.3) is 0 Å². The van der Waals surface area contributed by atoms with E-state index >= 15 is 0 Å². The van der Waals surface area contributed by atoms with Gasteiger partial charge in [0.2, 0.25) is 0 Å². The highest BCUT2D eigenvalue weighted by molar-refractivity contribution is 7.12. The summed E-state index contributed by atoms with van der Waals surface area (Å²) in [5.41, 5.74) is 6.89. The number of hydrogen-bond acceptors (Lipinski definition) is 3. The number of amides is 1. The lowest BCUT2D eigenvalue weighted by atomic mass is 10.2. The van der Waals surface area contributed by atoms with Crippen molar-refractivity contribution >= 4 is 46.1 Å². The Kier molecular flexibility index (Phi) is 4.54. The van der Waals surface area contributed by atoms with Crippen molar-refractivity contribution in [1.29, 1.82) is 0 Å². The van der Waals surface area contributed by atoms with Gasteiger partial charge in [-0.05, 0) is 29.6 Å². The molecular weight excluding hydrogens is 282 g/mol. The highest BCUT2D eigenvalue weighted by Gasteiger charge is 2.06. The summed E-state index contributed by atoms with van der Waals surface area (Å²) >= 11 is 6.96. The Hall–Kier alpha value is -1.85. The second-order valence-electron chi connectivity index (χ2n) is 3.72. The summed E-state index contributed by atoms with van der Waals surface area (Å²) in [6.07, 6.45) is 0. The summed E-state index contributed by atoms with van der Waals surface area (Å²) in [6, 6.07) is 10.7.